The van der Waals surface area contributed by atoms with E-state index in [2.05, 4.69) is 4.84 Å². The fraction of sp³-hybridized carbons (Fsp3) is 1.00. The number of nitrogens with two attached hydrogens (primary N) is 1. The van der Waals surface area contributed by atoms with E-state index in [1.807, 2.05) is 13.8 Å². The van der Waals surface area contributed by atoms with Crippen molar-refractivity contribution in [2.75, 3.05) is 6.61 Å². The van der Waals surface area contributed by atoms with E-state index in [1.165, 1.54) is 0 Å². The van der Waals surface area contributed by atoms with Gasteiger partial charge in [-0.05, 0) is 6.42 Å². The van der Waals surface area contributed by atoms with Crippen molar-refractivity contribution in [3.05, 3.63) is 0 Å². The Balaban J connectivity index is 3.54. The number of aliphatic hydroxyl groups excluding tert-OH is 1. The van der Waals surface area contributed by atoms with E-state index in [0.717, 1.165) is 0 Å². The second-order valence-corrected chi connectivity index (χ2v) is 3.09. The third-order valence-electron chi connectivity index (χ3n) is 1.63. The summed E-state index contributed by atoms with van der Waals surface area (Å²) in [4.78, 5) is 4.41. The summed E-state index contributed by atoms with van der Waals surface area (Å²) in [7, 11) is 5.50. The van der Waals surface area contributed by atoms with Gasteiger partial charge in [-0.25, -0.2) is 5.90 Å². The highest BCUT2D eigenvalue weighted by Crippen LogP contribution is 2.14. The Bertz CT molecular complexity index is 100. The third-order valence-corrected chi connectivity index (χ3v) is 1.63. The molecule has 0 saturated carbocycles. The Kier molecular flexibility index (Phi) is 5.55. The highest BCUT2D eigenvalue weighted by Gasteiger charge is 2.14. The second kappa shape index (κ2) is 5.58. The van der Waals surface area contributed by atoms with Crippen LogP contribution in [0.1, 0.15) is 20.3 Å². The molecule has 0 saturated heterocycles. The molecule has 11 heavy (non-hydrogen) atoms. The molecule has 0 aromatic rings. The Morgan fingerprint density at radius 2 is 2.09 bits per heavy atom. The van der Waals surface area contributed by atoms with Crippen LogP contribution in [-0.4, -0.2) is 25.7 Å². The predicted molar refractivity (Wildman–Crippen MR) is 45.1 cm³/mol. The summed E-state index contributed by atoms with van der Waals surface area (Å²) in [5.74, 6) is 4.92. The molecule has 0 aromatic carbocycles. The minimum Gasteiger partial charge on any atom is -0.393 e. The van der Waals surface area contributed by atoms with Crippen LogP contribution in [-0.2, 0) is 4.84 Å². The zero-order chi connectivity index (χ0) is 8.85. The van der Waals surface area contributed by atoms with Gasteiger partial charge in [-0.2, -0.15) is 0 Å². The Hall–Kier alpha value is -0.0551. The normalized spacial score (nSPS) is 19.3. The van der Waals surface area contributed by atoms with Gasteiger partial charge in [0.2, 0.25) is 0 Å². The van der Waals surface area contributed by atoms with Crippen molar-refractivity contribution >= 4 is 7.85 Å². The van der Waals surface area contributed by atoms with E-state index >= 15 is 0 Å². The average molecular weight is 157 g/mol. The van der Waals surface area contributed by atoms with Crippen LogP contribution in [0.2, 0.25) is 5.82 Å². The van der Waals surface area contributed by atoms with Gasteiger partial charge < -0.3 is 9.94 Å². The van der Waals surface area contributed by atoms with Crippen LogP contribution in [0.5, 0.6) is 0 Å². The molecule has 0 aromatic heterocycles. The van der Waals surface area contributed by atoms with Gasteiger partial charge in [0.1, 0.15) is 0 Å². The van der Waals surface area contributed by atoms with Crippen LogP contribution in [0.3, 0.4) is 0 Å². The van der Waals surface area contributed by atoms with Gasteiger partial charge in [0.05, 0.1) is 20.6 Å². The topological polar surface area (TPSA) is 55.5 Å². The van der Waals surface area contributed by atoms with Gasteiger partial charge in [0.15, 0.2) is 0 Å². The maximum atomic E-state index is 9.40. The molecule has 0 rings (SSSR count). The summed E-state index contributed by atoms with van der Waals surface area (Å²) >= 11 is 0. The van der Waals surface area contributed by atoms with Crippen LogP contribution in [0.25, 0.3) is 0 Å². The molecule has 0 aliphatic heterocycles. The average Bonchev–Trinajstić information content (AvgIpc) is 1.86. The van der Waals surface area contributed by atoms with Crippen molar-refractivity contribution in [3.8, 4) is 0 Å². The Labute approximate surface area is 69.3 Å². The van der Waals surface area contributed by atoms with Gasteiger partial charge >= 0.3 is 0 Å². The van der Waals surface area contributed by atoms with E-state index in [0.29, 0.717) is 13.0 Å². The van der Waals surface area contributed by atoms with E-state index in [-0.39, 0.29) is 11.7 Å². The summed E-state index contributed by atoms with van der Waals surface area (Å²) in [6.45, 7) is 4.10. The van der Waals surface area contributed by atoms with Crippen LogP contribution in [0.15, 0.2) is 0 Å². The monoisotopic (exact) mass is 157 g/mol. The lowest BCUT2D eigenvalue weighted by atomic mass is 9.82. The van der Waals surface area contributed by atoms with Gasteiger partial charge in [-0.3, -0.25) is 0 Å². The summed E-state index contributed by atoms with van der Waals surface area (Å²) in [5, 5.41) is 9.40. The summed E-state index contributed by atoms with van der Waals surface area (Å²) < 4.78 is 0. The quantitative estimate of drug-likeness (QED) is 0.444. The van der Waals surface area contributed by atoms with Gasteiger partial charge in [-0.15, -0.1) is 0 Å². The van der Waals surface area contributed by atoms with Crippen molar-refractivity contribution < 1.29 is 9.94 Å². The third kappa shape index (κ3) is 5.24. The molecule has 0 aliphatic rings. The molecule has 0 heterocycles. The first-order valence-electron chi connectivity index (χ1n) is 3.83. The first-order chi connectivity index (χ1) is 5.07. The molecular weight excluding hydrogens is 141 g/mol. The molecule has 0 spiro atoms. The standard InChI is InChI=1S/C7H16BNO2/c1-5(4-11-9)7(10)3-6(2)8/h5-7,10H,3-4,9H2,1-2H3. The highest BCUT2D eigenvalue weighted by atomic mass is 16.6. The number of aliphatic hydroxyl groups is 1. The van der Waals surface area contributed by atoms with E-state index in [9.17, 15) is 5.11 Å². The first-order valence-corrected chi connectivity index (χ1v) is 3.83. The molecule has 2 radical (unpaired) electrons. The molecule has 3 atom stereocenters. The van der Waals surface area contributed by atoms with Crippen LogP contribution >= 0.6 is 0 Å². The molecule has 0 bridgehead atoms. The minimum atomic E-state index is -0.418. The van der Waals surface area contributed by atoms with Crippen LogP contribution in [0, 0.1) is 5.92 Å². The molecule has 3 nitrogen and oxygen atoms in total. The first kappa shape index (κ1) is 10.9. The summed E-state index contributed by atoms with van der Waals surface area (Å²) in [5.41, 5.74) is 0. The summed E-state index contributed by atoms with van der Waals surface area (Å²) in [6.07, 6.45) is 0.170. The molecule has 0 aliphatic carbocycles. The molecular formula is C7H16BNO2. The zero-order valence-corrected chi connectivity index (χ0v) is 7.16. The Morgan fingerprint density at radius 1 is 1.55 bits per heavy atom. The van der Waals surface area contributed by atoms with Crippen molar-refractivity contribution in [1.29, 1.82) is 0 Å². The van der Waals surface area contributed by atoms with Gasteiger partial charge in [0, 0.05) is 5.92 Å². The molecule has 0 fully saturated rings. The maximum Gasteiger partial charge on any atom is 0.0729 e. The molecule has 4 heteroatoms. The molecule has 3 unspecified atom stereocenters. The second-order valence-electron chi connectivity index (χ2n) is 3.09. The van der Waals surface area contributed by atoms with Gasteiger partial charge in [0.25, 0.3) is 0 Å². The molecule has 0 amide bonds. The zero-order valence-electron chi connectivity index (χ0n) is 7.16. The van der Waals surface area contributed by atoms with Crippen molar-refractivity contribution in [1.82, 2.24) is 0 Å². The maximum absolute atomic E-state index is 9.40. The van der Waals surface area contributed by atoms with Crippen molar-refractivity contribution in [2.45, 2.75) is 32.2 Å². The fourth-order valence-electron chi connectivity index (χ4n) is 0.876. The number of hydrogen-bond donors (Lipinski definition) is 2. The largest absolute Gasteiger partial charge is 0.393 e. The van der Waals surface area contributed by atoms with E-state index in [1.54, 1.807) is 0 Å². The lowest BCUT2D eigenvalue weighted by Crippen LogP contribution is -2.24. The van der Waals surface area contributed by atoms with Crippen LogP contribution in [0.4, 0.5) is 0 Å². The number of rotatable bonds is 5. The smallest absolute Gasteiger partial charge is 0.0729 e. The molecule has 64 valence electrons. The predicted octanol–water partition coefficient (Wildman–Crippen LogP) is 0.241. The minimum absolute atomic E-state index is 0.0187. The lowest BCUT2D eigenvalue weighted by molar-refractivity contribution is 0.0315. The molecule has 3 N–H and O–H groups in total. The van der Waals surface area contributed by atoms with Crippen molar-refractivity contribution in [3.63, 3.8) is 0 Å². The SMILES string of the molecule is [B]C(C)CC(O)C(C)CON. The lowest BCUT2D eigenvalue weighted by Gasteiger charge is -2.19. The van der Waals surface area contributed by atoms with E-state index < -0.39 is 6.10 Å². The van der Waals surface area contributed by atoms with Crippen molar-refractivity contribution in [2.24, 2.45) is 11.8 Å². The van der Waals surface area contributed by atoms with Gasteiger partial charge in [-0.1, -0.05) is 19.7 Å². The number of hydrogen-bond acceptors (Lipinski definition) is 3. The fourth-order valence-corrected chi connectivity index (χ4v) is 0.876. The summed E-state index contributed by atoms with van der Waals surface area (Å²) in [6, 6.07) is 0. The van der Waals surface area contributed by atoms with Crippen LogP contribution < -0.4 is 5.90 Å². The highest BCUT2D eigenvalue weighted by molar-refractivity contribution is 6.11. The van der Waals surface area contributed by atoms with E-state index in [4.69, 9.17) is 13.7 Å². The Morgan fingerprint density at radius 3 is 2.45 bits per heavy atom.